The van der Waals surface area contributed by atoms with Crippen LogP contribution in [-0.4, -0.2) is 51.4 Å². The van der Waals surface area contributed by atoms with Gasteiger partial charge in [-0.3, -0.25) is 13.9 Å². The smallest absolute Gasteiger partial charge is 0.264 e. The van der Waals surface area contributed by atoms with Crippen LogP contribution in [0.15, 0.2) is 89.8 Å². The highest BCUT2D eigenvalue weighted by Gasteiger charge is 2.33. The molecular formula is C28H33N3O5S. The standard InChI is InChI=1S/C28H33N3O5S/c1-4-26(28(33)29-3)30(20-22-12-8-6-9-13-22)27(32)21-31(23-16-18-24(19-17-23)36-5-2)37(34,35)25-14-10-7-11-15-25/h6-19,26H,4-5,20-21H2,1-3H3,(H,29,33). The Balaban J connectivity index is 2.03. The van der Waals surface area contributed by atoms with E-state index in [0.29, 0.717) is 24.5 Å². The van der Waals surface area contributed by atoms with Crippen LogP contribution in [0, 0.1) is 0 Å². The highest BCUT2D eigenvalue weighted by atomic mass is 32.2. The summed E-state index contributed by atoms with van der Waals surface area (Å²) in [5.74, 6) is -0.219. The quantitative estimate of drug-likeness (QED) is 0.389. The molecule has 2 amide bonds. The van der Waals surface area contributed by atoms with Crippen molar-refractivity contribution in [2.75, 3.05) is 24.5 Å². The fraction of sp³-hybridized carbons (Fsp3) is 0.286. The van der Waals surface area contributed by atoms with E-state index in [4.69, 9.17) is 4.74 Å². The van der Waals surface area contributed by atoms with Crippen LogP contribution < -0.4 is 14.4 Å². The van der Waals surface area contributed by atoms with Crippen molar-refractivity contribution < 1.29 is 22.7 Å². The molecule has 3 aromatic carbocycles. The number of likely N-dealkylation sites (N-methyl/N-ethyl adjacent to an activating group) is 1. The SMILES string of the molecule is CCOc1ccc(N(CC(=O)N(Cc2ccccc2)C(CC)C(=O)NC)S(=O)(=O)c2ccccc2)cc1. The maximum absolute atomic E-state index is 13.8. The first-order chi connectivity index (χ1) is 17.8. The van der Waals surface area contributed by atoms with Crippen LogP contribution in [-0.2, 0) is 26.2 Å². The molecule has 0 aliphatic rings. The Morgan fingerprint density at radius 2 is 1.49 bits per heavy atom. The van der Waals surface area contributed by atoms with E-state index in [2.05, 4.69) is 5.32 Å². The van der Waals surface area contributed by atoms with E-state index >= 15 is 0 Å². The Bertz CT molecular complexity index is 1270. The Hall–Kier alpha value is -3.85. The van der Waals surface area contributed by atoms with Gasteiger partial charge in [-0.25, -0.2) is 8.42 Å². The molecule has 1 unspecified atom stereocenters. The van der Waals surface area contributed by atoms with Crippen LogP contribution in [0.4, 0.5) is 5.69 Å². The number of carbonyl (C=O) groups excluding carboxylic acids is 2. The van der Waals surface area contributed by atoms with E-state index in [1.165, 1.54) is 24.1 Å². The maximum Gasteiger partial charge on any atom is 0.264 e. The van der Waals surface area contributed by atoms with Gasteiger partial charge in [-0.15, -0.1) is 0 Å². The average molecular weight is 524 g/mol. The second kappa shape index (κ2) is 12.9. The third kappa shape index (κ3) is 6.89. The molecule has 0 aliphatic carbocycles. The van der Waals surface area contributed by atoms with Crippen molar-refractivity contribution >= 4 is 27.5 Å². The molecule has 0 heterocycles. The van der Waals surface area contributed by atoms with Crippen LogP contribution in [0.1, 0.15) is 25.8 Å². The lowest BCUT2D eigenvalue weighted by molar-refractivity contribution is -0.140. The van der Waals surface area contributed by atoms with Crippen molar-refractivity contribution in [1.82, 2.24) is 10.2 Å². The van der Waals surface area contributed by atoms with Crippen molar-refractivity contribution in [3.8, 4) is 5.75 Å². The van der Waals surface area contributed by atoms with Crippen molar-refractivity contribution in [1.29, 1.82) is 0 Å². The molecule has 37 heavy (non-hydrogen) atoms. The van der Waals surface area contributed by atoms with Gasteiger partial charge in [0.2, 0.25) is 11.8 Å². The molecule has 0 saturated heterocycles. The molecule has 0 spiro atoms. The average Bonchev–Trinajstić information content (AvgIpc) is 2.93. The van der Waals surface area contributed by atoms with Gasteiger partial charge >= 0.3 is 0 Å². The molecule has 3 aromatic rings. The summed E-state index contributed by atoms with van der Waals surface area (Å²) in [6, 6.07) is 23.0. The van der Waals surface area contributed by atoms with E-state index in [9.17, 15) is 18.0 Å². The van der Waals surface area contributed by atoms with Crippen LogP contribution in [0.5, 0.6) is 5.75 Å². The molecule has 3 rings (SSSR count). The van der Waals surface area contributed by atoms with Crippen molar-refractivity contribution in [2.24, 2.45) is 0 Å². The summed E-state index contributed by atoms with van der Waals surface area (Å²) in [5, 5.41) is 2.62. The van der Waals surface area contributed by atoms with Gasteiger partial charge in [0, 0.05) is 13.6 Å². The van der Waals surface area contributed by atoms with Crippen LogP contribution in [0.3, 0.4) is 0 Å². The van der Waals surface area contributed by atoms with Crippen molar-refractivity contribution in [3.63, 3.8) is 0 Å². The number of carbonyl (C=O) groups is 2. The molecule has 1 atom stereocenters. The van der Waals surface area contributed by atoms with E-state index in [1.807, 2.05) is 44.2 Å². The van der Waals surface area contributed by atoms with Gasteiger partial charge in [0.1, 0.15) is 18.3 Å². The van der Waals surface area contributed by atoms with Gasteiger partial charge in [0.15, 0.2) is 0 Å². The van der Waals surface area contributed by atoms with Gasteiger partial charge in [0.25, 0.3) is 10.0 Å². The molecule has 8 nitrogen and oxygen atoms in total. The summed E-state index contributed by atoms with van der Waals surface area (Å²) in [4.78, 5) is 28.0. The molecule has 0 aromatic heterocycles. The molecule has 0 radical (unpaired) electrons. The third-order valence-electron chi connectivity index (χ3n) is 5.87. The number of benzene rings is 3. The predicted molar refractivity (Wildman–Crippen MR) is 144 cm³/mol. The van der Waals surface area contributed by atoms with Crippen LogP contribution in [0.2, 0.25) is 0 Å². The number of hydrogen-bond acceptors (Lipinski definition) is 5. The summed E-state index contributed by atoms with van der Waals surface area (Å²) in [6.45, 7) is 3.82. The number of anilines is 1. The molecule has 0 fully saturated rings. The fourth-order valence-corrected chi connectivity index (χ4v) is 5.43. The second-order valence-electron chi connectivity index (χ2n) is 8.30. The molecule has 0 bridgehead atoms. The molecule has 0 saturated carbocycles. The number of sulfonamides is 1. The summed E-state index contributed by atoms with van der Waals surface area (Å²) in [5.41, 5.74) is 1.14. The normalized spacial score (nSPS) is 11.9. The first-order valence-electron chi connectivity index (χ1n) is 12.2. The number of rotatable bonds is 12. The number of hydrogen-bond donors (Lipinski definition) is 1. The number of nitrogens with zero attached hydrogens (tertiary/aromatic N) is 2. The van der Waals surface area contributed by atoms with Crippen LogP contribution >= 0.6 is 0 Å². The predicted octanol–water partition coefficient (Wildman–Crippen LogP) is 3.83. The monoisotopic (exact) mass is 523 g/mol. The minimum absolute atomic E-state index is 0.0598. The number of ether oxygens (including phenoxy) is 1. The minimum Gasteiger partial charge on any atom is -0.494 e. The van der Waals surface area contributed by atoms with Gasteiger partial charge < -0.3 is 15.0 Å². The maximum atomic E-state index is 13.8. The highest BCUT2D eigenvalue weighted by Crippen LogP contribution is 2.26. The van der Waals surface area contributed by atoms with Gasteiger partial charge in [-0.2, -0.15) is 0 Å². The number of amides is 2. The Morgan fingerprint density at radius 1 is 0.892 bits per heavy atom. The zero-order valence-electron chi connectivity index (χ0n) is 21.3. The fourth-order valence-electron chi connectivity index (χ4n) is 3.99. The van der Waals surface area contributed by atoms with Gasteiger partial charge in [-0.05, 0) is 55.3 Å². The topological polar surface area (TPSA) is 96.0 Å². The Kier molecular flexibility index (Phi) is 9.68. The third-order valence-corrected chi connectivity index (χ3v) is 7.66. The van der Waals surface area contributed by atoms with Crippen molar-refractivity contribution in [3.05, 3.63) is 90.5 Å². The minimum atomic E-state index is -4.09. The lowest BCUT2D eigenvalue weighted by Crippen LogP contribution is -2.51. The van der Waals surface area contributed by atoms with E-state index in [0.717, 1.165) is 9.87 Å². The van der Waals surface area contributed by atoms with E-state index in [1.54, 1.807) is 42.5 Å². The summed E-state index contributed by atoms with van der Waals surface area (Å²) in [6.07, 6.45) is 0.368. The van der Waals surface area contributed by atoms with E-state index in [-0.39, 0.29) is 17.3 Å². The summed E-state index contributed by atoms with van der Waals surface area (Å²) < 4.78 is 34.0. The van der Waals surface area contributed by atoms with Crippen molar-refractivity contribution in [2.45, 2.75) is 37.8 Å². The number of nitrogens with one attached hydrogen (secondary N) is 1. The molecule has 196 valence electrons. The van der Waals surface area contributed by atoms with Gasteiger partial charge in [-0.1, -0.05) is 55.5 Å². The lowest BCUT2D eigenvalue weighted by Gasteiger charge is -2.33. The van der Waals surface area contributed by atoms with Crippen LogP contribution in [0.25, 0.3) is 0 Å². The summed E-state index contributed by atoms with van der Waals surface area (Å²) in [7, 11) is -2.58. The zero-order valence-corrected chi connectivity index (χ0v) is 22.1. The Morgan fingerprint density at radius 3 is 2.03 bits per heavy atom. The molecule has 0 aliphatic heterocycles. The lowest BCUT2D eigenvalue weighted by atomic mass is 10.1. The van der Waals surface area contributed by atoms with E-state index < -0.39 is 28.5 Å². The first kappa shape index (κ1) is 27.7. The largest absolute Gasteiger partial charge is 0.494 e. The molecule has 1 N–H and O–H groups in total. The zero-order chi connectivity index (χ0) is 26.8. The summed E-state index contributed by atoms with van der Waals surface area (Å²) >= 11 is 0. The Labute approximate surface area is 218 Å². The molecule has 9 heteroatoms. The first-order valence-corrected chi connectivity index (χ1v) is 13.6. The second-order valence-corrected chi connectivity index (χ2v) is 10.2. The molecular weight excluding hydrogens is 490 g/mol. The highest BCUT2D eigenvalue weighted by molar-refractivity contribution is 7.92. The van der Waals surface area contributed by atoms with Gasteiger partial charge in [0.05, 0.1) is 17.2 Å².